The molecule has 1 heterocycles. The zero-order valence-electron chi connectivity index (χ0n) is 17.1. The minimum absolute atomic E-state index is 0.116. The van der Waals surface area contributed by atoms with Gasteiger partial charge in [-0.05, 0) is 31.5 Å². The van der Waals surface area contributed by atoms with E-state index >= 15 is 0 Å². The molecule has 156 valence electrons. The molecule has 1 aromatic carbocycles. The molecule has 28 heavy (non-hydrogen) atoms. The number of guanidine groups is 1. The smallest absolute Gasteiger partial charge is 0.251 e. The second-order valence-electron chi connectivity index (χ2n) is 7.21. The van der Waals surface area contributed by atoms with E-state index in [1.54, 1.807) is 13.1 Å². The van der Waals surface area contributed by atoms with Crippen LogP contribution in [0.25, 0.3) is 0 Å². The van der Waals surface area contributed by atoms with Gasteiger partial charge in [-0.15, -0.1) is 0 Å². The number of carbonyl (C=O) groups is 1. The van der Waals surface area contributed by atoms with Gasteiger partial charge >= 0.3 is 0 Å². The molecule has 1 aromatic rings. The molecule has 0 aliphatic carbocycles. The fraction of sp³-hybridized carbons (Fsp3) is 0.600. The number of carbonyl (C=O) groups excluding carboxylic acids is 1. The lowest BCUT2D eigenvalue weighted by atomic mass is 10.1. The van der Waals surface area contributed by atoms with E-state index < -0.39 is 5.60 Å². The summed E-state index contributed by atoms with van der Waals surface area (Å²) >= 11 is 0. The molecule has 2 rings (SSSR count). The molecular formula is C20H33N5O3. The highest BCUT2D eigenvalue weighted by atomic mass is 16.5. The standard InChI is InChI=1S/C20H33N5O3/c1-4-22-19(23-13-16-6-5-7-17(12-16)18(26)21-3)24-14-20(2,27)15-25-8-10-28-11-9-25/h5-7,12,27H,4,8-11,13-15H2,1-3H3,(H,21,26)(H2,22,23,24). The summed E-state index contributed by atoms with van der Waals surface area (Å²) in [4.78, 5) is 18.6. The van der Waals surface area contributed by atoms with E-state index in [9.17, 15) is 9.90 Å². The van der Waals surface area contributed by atoms with Crippen molar-refractivity contribution in [1.82, 2.24) is 20.9 Å². The summed E-state index contributed by atoms with van der Waals surface area (Å²) in [5.41, 5.74) is 0.673. The van der Waals surface area contributed by atoms with E-state index in [1.165, 1.54) is 0 Å². The van der Waals surface area contributed by atoms with Gasteiger partial charge in [0, 0.05) is 45.3 Å². The Bertz CT molecular complexity index is 657. The number of benzene rings is 1. The average molecular weight is 392 g/mol. The van der Waals surface area contributed by atoms with Crippen molar-refractivity contribution in [2.45, 2.75) is 26.0 Å². The lowest BCUT2D eigenvalue weighted by Gasteiger charge is -2.34. The highest BCUT2D eigenvalue weighted by Crippen LogP contribution is 2.09. The molecule has 1 fully saturated rings. The van der Waals surface area contributed by atoms with Gasteiger partial charge in [0.25, 0.3) is 5.91 Å². The zero-order chi connectivity index (χ0) is 20.4. The highest BCUT2D eigenvalue weighted by Gasteiger charge is 2.25. The van der Waals surface area contributed by atoms with Crippen molar-refractivity contribution in [2.75, 3.05) is 53.0 Å². The lowest BCUT2D eigenvalue weighted by Crippen LogP contribution is -2.52. The number of hydrogen-bond acceptors (Lipinski definition) is 5. The van der Waals surface area contributed by atoms with Gasteiger partial charge in [0.2, 0.25) is 0 Å². The summed E-state index contributed by atoms with van der Waals surface area (Å²) in [6.07, 6.45) is 0. The lowest BCUT2D eigenvalue weighted by molar-refractivity contribution is -0.0201. The summed E-state index contributed by atoms with van der Waals surface area (Å²) in [5.74, 6) is 0.519. The van der Waals surface area contributed by atoms with E-state index in [-0.39, 0.29) is 5.91 Å². The van der Waals surface area contributed by atoms with E-state index in [0.717, 1.165) is 25.2 Å². The van der Waals surface area contributed by atoms with Crippen molar-refractivity contribution in [3.05, 3.63) is 35.4 Å². The maximum absolute atomic E-state index is 11.8. The normalized spacial score (nSPS) is 17.6. The van der Waals surface area contributed by atoms with Crippen LogP contribution in [-0.4, -0.2) is 80.5 Å². The summed E-state index contributed by atoms with van der Waals surface area (Å²) in [6, 6.07) is 7.40. The second kappa shape index (κ2) is 11.0. The van der Waals surface area contributed by atoms with Crippen LogP contribution in [0.3, 0.4) is 0 Å². The molecule has 1 atom stereocenters. The Labute approximate surface area is 167 Å². The van der Waals surface area contributed by atoms with Crippen molar-refractivity contribution < 1.29 is 14.6 Å². The molecule has 1 saturated heterocycles. The van der Waals surface area contributed by atoms with Gasteiger partial charge in [0.1, 0.15) is 0 Å². The first-order chi connectivity index (χ1) is 13.4. The average Bonchev–Trinajstić information content (AvgIpc) is 2.70. The summed E-state index contributed by atoms with van der Waals surface area (Å²) in [6.45, 7) is 9.04. The monoisotopic (exact) mass is 391 g/mol. The molecule has 0 radical (unpaired) electrons. The SMILES string of the molecule is CCNC(=NCc1cccc(C(=O)NC)c1)NCC(C)(O)CN1CCOCC1. The summed E-state index contributed by atoms with van der Waals surface area (Å²) in [7, 11) is 1.61. The third-order valence-electron chi connectivity index (χ3n) is 4.48. The first kappa shape index (κ1) is 22.1. The van der Waals surface area contributed by atoms with Crippen molar-refractivity contribution in [1.29, 1.82) is 0 Å². The Hall–Kier alpha value is -2.16. The molecule has 0 bridgehead atoms. The van der Waals surface area contributed by atoms with Crippen LogP contribution in [0, 0.1) is 0 Å². The van der Waals surface area contributed by atoms with Gasteiger partial charge in [-0.1, -0.05) is 12.1 Å². The number of nitrogens with zero attached hydrogens (tertiary/aromatic N) is 2. The van der Waals surface area contributed by atoms with Gasteiger partial charge in [0.05, 0.1) is 25.4 Å². The van der Waals surface area contributed by atoms with E-state index in [1.807, 2.05) is 32.0 Å². The molecule has 8 nitrogen and oxygen atoms in total. The molecule has 0 aromatic heterocycles. The predicted octanol–water partition coefficient (Wildman–Crippen LogP) is 0.185. The minimum atomic E-state index is -0.882. The number of β-amino-alcohol motifs (C(OH)–C–C–N with tert-alkyl or cyclic N) is 1. The van der Waals surface area contributed by atoms with Gasteiger partial charge in [-0.3, -0.25) is 9.69 Å². The van der Waals surface area contributed by atoms with Crippen LogP contribution < -0.4 is 16.0 Å². The molecule has 4 N–H and O–H groups in total. The van der Waals surface area contributed by atoms with E-state index in [2.05, 4.69) is 25.8 Å². The minimum Gasteiger partial charge on any atom is -0.387 e. The predicted molar refractivity (Wildman–Crippen MR) is 111 cm³/mol. The summed E-state index contributed by atoms with van der Waals surface area (Å²) in [5, 5.41) is 19.8. The van der Waals surface area contributed by atoms with Crippen LogP contribution in [0.2, 0.25) is 0 Å². The third-order valence-corrected chi connectivity index (χ3v) is 4.48. The van der Waals surface area contributed by atoms with Crippen molar-refractivity contribution in [3.63, 3.8) is 0 Å². The zero-order valence-corrected chi connectivity index (χ0v) is 17.1. The van der Waals surface area contributed by atoms with Crippen molar-refractivity contribution in [3.8, 4) is 0 Å². The van der Waals surface area contributed by atoms with Crippen LogP contribution >= 0.6 is 0 Å². The largest absolute Gasteiger partial charge is 0.387 e. The van der Waals surface area contributed by atoms with E-state index in [4.69, 9.17) is 4.74 Å². The number of rotatable bonds is 8. The molecule has 0 saturated carbocycles. The molecule has 8 heteroatoms. The first-order valence-corrected chi connectivity index (χ1v) is 9.79. The highest BCUT2D eigenvalue weighted by molar-refractivity contribution is 5.94. The van der Waals surface area contributed by atoms with Gasteiger partial charge in [-0.2, -0.15) is 0 Å². The number of nitrogens with one attached hydrogen (secondary N) is 3. The number of morpholine rings is 1. The van der Waals surface area contributed by atoms with Crippen LogP contribution in [0.15, 0.2) is 29.3 Å². The number of aliphatic imine (C=N–C) groups is 1. The number of hydrogen-bond donors (Lipinski definition) is 4. The van der Waals surface area contributed by atoms with Crippen LogP contribution in [-0.2, 0) is 11.3 Å². The number of amides is 1. The Morgan fingerprint density at radius 3 is 2.75 bits per heavy atom. The summed E-state index contributed by atoms with van der Waals surface area (Å²) < 4.78 is 5.36. The maximum atomic E-state index is 11.8. The Kier molecular flexibility index (Phi) is 8.69. The van der Waals surface area contributed by atoms with Gasteiger partial charge in [0.15, 0.2) is 5.96 Å². The topological polar surface area (TPSA) is 98.2 Å². The second-order valence-corrected chi connectivity index (χ2v) is 7.21. The number of ether oxygens (including phenoxy) is 1. The molecule has 1 aliphatic rings. The maximum Gasteiger partial charge on any atom is 0.251 e. The Morgan fingerprint density at radius 1 is 1.32 bits per heavy atom. The van der Waals surface area contributed by atoms with Gasteiger partial charge < -0.3 is 25.8 Å². The van der Waals surface area contributed by atoms with Crippen molar-refractivity contribution in [2.24, 2.45) is 4.99 Å². The molecule has 0 spiro atoms. The Morgan fingerprint density at radius 2 is 2.07 bits per heavy atom. The Balaban J connectivity index is 1.93. The number of aliphatic hydroxyl groups is 1. The van der Waals surface area contributed by atoms with Crippen molar-refractivity contribution >= 4 is 11.9 Å². The van der Waals surface area contributed by atoms with Crippen LogP contribution in [0.4, 0.5) is 0 Å². The first-order valence-electron chi connectivity index (χ1n) is 9.79. The molecule has 1 aliphatic heterocycles. The fourth-order valence-electron chi connectivity index (χ4n) is 3.04. The molecular weight excluding hydrogens is 358 g/mol. The quantitative estimate of drug-likeness (QED) is 0.373. The fourth-order valence-corrected chi connectivity index (χ4v) is 3.04. The van der Waals surface area contributed by atoms with Crippen LogP contribution in [0.5, 0.6) is 0 Å². The van der Waals surface area contributed by atoms with Crippen LogP contribution in [0.1, 0.15) is 29.8 Å². The molecule has 1 amide bonds. The van der Waals surface area contributed by atoms with Gasteiger partial charge in [-0.25, -0.2) is 4.99 Å². The third kappa shape index (κ3) is 7.46. The molecule has 1 unspecified atom stereocenters. The van der Waals surface area contributed by atoms with E-state index in [0.29, 0.717) is 44.4 Å².